The zero-order chi connectivity index (χ0) is 13.3. The van der Waals surface area contributed by atoms with Crippen LogP contribution in [0, 0.1) is 0 Å². The number of aryl methyl sites for hydroxylation is 1. The fourth-order valence-corrected chi connectivity index (χ4v) is 2.24. The molecule has 0 aliphatic heterocycles. The van der Waals surface area contributed by atoms with Crippen LogP contribution in [0.4, 0.5) is 10.5 Å². The van der Waals surface area contributed by atoms with Crippen LogP contribution in [0.1, 0.15) is 44.4 Å². The Bertz CT molecular complexity index is 463. The number of anilines is 1. The van der Waals surface area contributed by atoms with Gasteiger partial charge in [-0.25, -0.2) is 4.79 Å². The number of nitrogen functional groups attached to an aromatic ring is 1. The number of alkyl carbamates (subject to hydrolysis) is 1. The lowest BCUT2D eigenvalue weighted by atomic mass is 10.1. The zero-order valence-corrected chi connectivity index (χ0v) is 11.1. The SMILES string of the molecule is CC(C)(C)OC(=O)N[C@@H]1CCc2cc(N)ccc21. The number of nitrogens with two attached hydrogens (primary N) is 1. The van der Waals surface area contributed by atoms with Crippen LogP contribution in [0.15, 0.2) is 18.2 Å². The Kier molecular flexibility index (Phi) is 3.20. The number of amides is 1. The van der Waals surface area contributed by atoms with E-state index in [1.54, 1.807) is 0 Å². The third kappa shape index (κ3) is 2.94. The molecule has 0 heterocycles. The van der Waals surface area contributed by atoms with Gasteiger partial charge in [-0.1, -0.05) is 6.07 Å². The summed E-state index contributed by atoms with van der Waals surface area (Å²) in [4.78, 5) is 11.7. The molecule has 3 N–H and O–H groups in total. The Morgan fingerprint density at radius 3 is 2.83 bits per heavy atom. The molecule has 1 aliphatic carbocycles. The normalized spacial score (nSPS) is 18.3. The first-order valence-corrected chi connectivity index (χ1v) is 6.23. The summed E-state index contributed by atoms with van der Waals surface area (Å²) in [6.07, 6.45) is 1.48. The number of nitrogens with one attached hydrogen (secondary N) is 1. The molecule has 1 amide bonds. The smallest absolute Gasteiger partial charge is 0.408 e. The minimum atomic E-state index is -0.466. The first-order chi connectivity index (χ1) is 8.35. The zero-order valence-electron chi connectivity index (χ0n) is 11.1. The van der Waals surface area contributed by atoms with Crippen molar-refractivity contribution in [3.63, 3.8) is 0 Å². The number of ether oxygens (including phenoxy) is 1. The average Bonchev–Trinajstić information content (AvgIpc) is 2.57. The summed E-state index contributed by atoms with van der Waals surface area (Å²) >= 11 is 0. The van der Waals surface area contributed by atoms with Gasteiger partial charge in [0, 0.05) is 5.69 Å². The maximum absolute atomic E-state index is 11.7. The molecular weight excluding hydrogens is 228 g/mol. The van der Waals surface area contributed by atoms with Crippen molar-refractivity contribution in [3.8, 4) is 0 Å². The topological polar surface area (TPSA) is 64.3 Å². The summed E-state index contributed by atoms with van der Waals surface area (Å²) in [5.74, 6) is 0. The molecule has 1 aromatic rings. The summed E-state index contributed by atoms with van der Waals surface area (Å²) in [6, 6.07) is 5.87. The van der Waals surface area contributed by atoms with Crippen molar-refractivity contribution in [2.24, 2.45) is 0 Å². The third-order valence-corrected chi connectivity index (χ3v) is 2.94. The molecular formula is C14H20N2O2. The molecule has 0 saturated carbocycles. The van der Waals surface area contributed by atoms with E-state index in [4.69, 9.17) is 10.5 Å². The molecule has 0 spiro atoms. The summed E-state index contributed by atoms with van der Waals surface area (Å²) in [7, 11) is 0. The lowest BCUT2D eigenvalue weighted by Gasteiger charge is -2.22. The van der Waals surface area contributed by atoms with E-state index in [9.17, 15) is 4.79 Å². The Balaban J connectivity index is 2.04. The van der Waals surface area contributed by atoms with Crippen LogP contribution in [0.25, 0.3) is 0 Å². The monoisotopic (exact) mass is 248 g/mol. The van der Waals surface area contributed by atoms with E-state index in [-0.39, 0.29) is 12.1 Å². The van der Waals surface area contributed by atoms with Crippen molar-refractivity contribution >= 4 is 11.8 Å². The van der Waals surface area contributed by atoms with Gasteiger partial charge in [-0.3, -0.25) is 0 Å². The highest BCUT2D eigenvalue weighted by atomic mass is 16.6. The van der Waals surface area contributed by atoms with E-state index in [1.807, 2.05) is 39.0 Å². The van der Waals surface area contributed by atoms with Crippen molar-refractivity contribution < 1.29 is 9.53 Å². The van der Waals surface area contributed by atoms with E-state index in [2.05, 4.69) is 5.32 Å². The maximum Gasteiger partial charge on any atom is 0.408 e. The van der Waals surface area contributed by atoms with E-state index < -0.39 is 5.60 Å². The Morgan fingerprint density at radius 1 is 1.44 bits per heavy atom. The summed E-state index contributed by atoms with van der Waals surface area (Å²) in [5.41, 5.74) is 8.42. The molecule has 1 aliphatic rings. The number of hydrogen-bond acceptors (Lipinski definition) is 3. The van der Waals surface area contributed by atoms with Gasteiger partial charge >= 0.3 is 6.09 Å². The first-order valence-electron chi connectivity index (χ1n) is 6.23. The molecule has 1 aromatic carbocycles. The highest BCUT2D eigenvalue weighted by molar-refractivity contribution is 5.69. The second-order valence-corrected chi connectivity index (χ2v) is 5.70. The second-order valence-electron chi connectivity index (χ2n) is 5.70. The number of rotatable bonds is 1. The predicted octanol–water partition coefficient (Wildman–Crippen LogP) is 2.78. The van der Waals surface area contributed by atoms with E-state index in [1.165, 1.54) is 5.56 Å². The van der Waals surface area contributed by atoms with Crippen LogP contribution < -0.4 is 11.1 Å². The first kappa shape index (κ1) is 12.7. The molecule has 0 unspecified atom stereocenters. The van der Waals surface area contributed by atoms with Crippen molar-refractivity contribution in [3.05, 3.63) is 29.3 Å². The van der Waals surface area contributed by atoms with Gasteiger partial charge in [-0.15, -0.1) is 0 Å². The lowest BCUT2D eigenvalue weighted by molar-refractivity contribution is 0.0504. The number of hydrogen-bond donors (Lipinski definition) is 2. The van der Waals surface area contributed by atoms with Gasteiger partial charge in [-0.2, -0.15) is 0 Å². The average molecular weight is 248 g/mol. The number of carbonyl (C=O) groups is 1. The van der Waals surface area contributed by atoms with Crippen LogP contribution in [-0.4, -0.2) is 11.7 Å². The largest absolute Gasteiger partial charge is 0.444 e. The van der Waals surface area contributed by atoms with Crippen molar-refractivity contribution in [1.29, 1.82) is 0 Å². The van der Waals surface area contributed by atoms with Gasteiger partial charge in [0.15, 0.2) is 0 Å². The van der Waals surface area contributed by atoms with Gasteiger partial charge in [-0.05, 0) is 56.9 Å². The minimum Gasteiger partial charge on any atom is -0.444 e. The number of carbonyl (C=O) groups excluding carboxylic acids is 1. The van der Waals surface area contributed by atoms with E-state index >= 15 is 0 Å². The van der Waals surface area contributed by atoms with Crippen LogP contribution >= 0.6 is 0 Å². The summed E-state index contributed by atoms with van der Waals surface area (Å²) in [6.45, 7) is 5.57. The van der Waals surface area contributed by atoms with Crippen molar-refractivity contribution in [1.82, 2.24) is 5.32 Å². The molecule has 0 saturated heterocycles. The van der Waals surface area contributed by atoms with Crippen LogP contribution in [0.5, 0.6) is 0 Å². The summed E-state index contributed by atoms with van der Waals surface area (Å²) in [5, 5.41) is 2.91. The molecule has 0 bridgehead atoms. The fourth-order valence-electron chi connectivity index (χ4n) is 2.24. The predicted molar refractivity (Wildman–Crippen MR) is 71.3 cm³/mol. The molecule has 0 radical (unpaired) electrons. The Labute approximate surface area is 108 Å². The highest BCUT2D eigenvalue weighted by Crippen LogP contribution is 2.32. The van der Waals surface area contributed by atoms with Crippen LogP contribution in [0.3, 0.4) is 0 Å². The van der Waals surface area contributed by atoms with Crippen molar-refractivity contribution in [2.75, 3.05) is 5.73 Å². The van der Waals surface area contributed by atoms with Gasteiger partial charge in [0.05, 0.1) is 6.04 Å². The standard InChI is InChI=1S/C14H20N2O2/c1-14(2,3)18-13(17)16-12-7-4-9-8-10(15)5-6-11(9)12/h5-6,8,12H,4,7,15H2,1-3H3,(H,16,17)/t12-/m1/s1. The van der Waals surface area contributed by atoms with Crippen LogP contribution in [-0.2, 0) is 11.2 Å². The minimum absolute atomic E-state index is 0.0375. The lowest BCUT2D eigenvalue weighted by Crippen LogP contribution is -2.34. The molecule has 18 heavy (non-hydrogen) atoms. The van der Waals surface area contributed by atoms with E-state index in [0.29, 0.717) is 0 Å². The van der Waals surface area contributed by atoms with E-state index in [0.717, 1.165) is 24.1 Å². The van der Waals surface area contributed by atoms with Crippen molar-refractivity contribution in [2.45, 2.75) is 45.3 Å². The van der Waals surface area contributed by atoms with Gasteiger partial charge in [0.1, 0.15) is 5.60 Å². The Hall–Kier alpha value is -1.71. The molecule has 4 nitrogen and oxygen atoms in total. The van der Waals surface area contributed by atoms with Gasteiger partial charge in [0.2, 0.25) is 0 Å². The molecule has 4 heteroatoms. The highest BCUT2D eigenvalue weighted by Gasteiger charge is 2.26. The number of fused-ring (bicyclic) bond motifs is 1. The third-order valence-electron chi connectivity index (χ3n) is 2.94. The van der Waals surface area contributed by atoms with Gasteiger partial charge < -0.3 is 15.8 Å². The maximum atomic E-state index is 11.7. The Morgan fingerprint density at radius 2 is 2.17 bits per heavy atom. The second kappa shape index (κ2) is 4.52. The quantitative estimate of drug-likeness (QED) is 0.751. The number of benzene rings is 1. The molecule has 1 atom stereocenters. The summed E-state index contributed by atoms with van der Waals surface area (Å²) < 4.78 is 5.26. The van der Waals surface area contributed by atoms with Gasteiger partial charge in [0.25, 0.3) is 0 Å². The molecule has 2 rings (SSSR count). The fraction of sp³-hybridized carbons (Fsp3) is 0.500. The molecule has 98 valence electrons. The van der Waals surface area contributed by atoms with Crippen LogP contribution in [0.2, 0.25) is 0 Å². The molecule has 0 aromatic heterocycles. The molecule has 0 fully saturated rings.